The number of hydrogen-bond donors (Lipinski definition) is 0. The van der Waals surface area contributed by atoms with Gasteiger partial charge in [-0.05, 0) is 44.2 Å². The van der Waals surface area contributed by atoms with Crippen molar-refractivity contribution in [1.29, 1.82) is 0 Å². The van der Waals surface area contributed by atoms with Crippen molar-refractivity contribution in [2.75, 3.05) is 39.3 Å². The first-order chi connectivity index (χ1) is 13.6. The normalized spacial score (nSPS) is 23.3. The van der Waals surface area contributed by atoms with Crippen molar-refractivity contribution in [3.8, 4) is 0 Å². The number of likely N-dealkylation sites (tertiary alicyclic amines) is 1. The molecule has 1 saturated carbocycles. The molecule has 1 aromatic rings. The van der Waals surface area contributed by atoms with Gasteiger partial charge in [0.2, 0.25) is 11.8 Å². The molecule has 3 amide bonds. The van der Waals surface area contributed by atoms with Crippen molar-refractivity contribution in [2.24, 2.45) is 11.8 Å². The van der Waals surface area contributed by atoms with Crippen molar-refractivity contribution in [3.63, 3.8) is 0 Å². The smallest absolute Gasteiger partial charge is 0.253 e. The highest BCUT2D eigenvalue weighted by Gasteiger charge is 2.37. The molecule has 2 saturated heterocycles. The third-order valence-electron chi connectivity index (χ3n) is 6.12. The SMILES string of the molecule is O=C(c1ccccc1)N1CCCN(C(=O)C2CCCN(C(=O)C3CC3)C2)CC1. The number of benzene rings is 1. The van der Waals surface area contributed by atoms with Crippen LogP contribution in [0.5, 0.6) is 0 Å². The summed E-state index contributed by atoms with van der Waals surface area (Å²) in [7, 11) is 0. The van der Waals surface area contributed by atoms with E-state index in [1.807, 2.05) is 45.0 Å². The van der Waals surface area contributed by atoms with E-state index in [0.717, 1.165) is 38.6 Å². The summed E-state index contributed by atoms with van der Waals surface area (Å²) in [6.07, 6.45) is 4.57. The van der Waals surface area contributed by atoms with Crippen LogP contribution in [0.3, 0.4) is 0 Å². The van der Waals surface area contributed by atoms with Crippen molar-refractivity contribution < 1.29 is 14.4 Å². The number of nitrogens with zero attached hydrogens (tertiary/aromatic N) is 3. The first kappa shape index (κ1) is 19.0. The minimum atomic E-state index is -0.0900. The fourth-order valence-electron chi connectivity index (χ4n) is 4.33. The molecule has 0 spiro atoms. The Labute approximate surface area is 166 Å². The van der Waals surface area contributed by atoms with Gasteiger partial charge in [-0.15, -0.1) is 0 Å². The van der Waals surface area contributed by atoms with Gasteiger partial charge in [-0.3, -0.25) is 14.4 Å². The van der Waals surface area contributed by atoms with E-state index >= 15 is 0 Å². The molecule has 2 heterocycles. The highest BCUT2D eigenvalue weighted by atomic mass is 16.2. The predicted molar refractivity (Wildman–Crippen MR) is 106 cm³/mol. The molecule has 2 aliphatic heterocycles. The van der Waals surface area contributed by atoms with E-state index in [0.29, 0.717) is 38.3 Å². The zero-order chi connectivity index (χ0) is 19.5. The Hall–Kier alpha value is -2.37. The molecular formula is C22H29N3O3. The van der Waals surface area contributed by atoms with Gasteiger partial charge in [-0.2, -0.15) is 0 Å². The van der Waals surface area contributed by atoms with E-state index in [1.54, 1.807) is 0 Å². The predicted octanol–water partition coefficient (Wildman–Crippen LogP) is 2.01. The number of amides is 3. The molecule has 1 aliphatic carbocycles. The number of hydrogen-bond acceptors (Lipinski definition) is 3. The molecule has 0 N–H and O–H groups in total. The van der Waals surface area contributed by atoms with Crippen molar-refractivity contribution in [2.45, 2.75) is 32.1 Å². The average Bonchev–Trinajstić information content (AvgIpc) is 3.60. The zero-order valence-corrected chi connectivity index (χ0v) is 16.4. The van der Waals surface area contributed by atoms with Crippen LogP contribution >= 0.6 is 0 Å². The summed E-state index contributed by atoms with van der Waals surface area (Å²) in [5, 5.41) is 0. The highest BCUT2D eigenvalue weighted by Crippen LogP contribution is 2.32. The monoisotopic (exact) mass is 383 g/mol. The van der Waals surface area contributed by atoms with Gasteiger partial charge >= 0.3 is 0 Å². The molecule has 6 nitrogen and oxygen atoms in total. The highest BCUT2D eigenvalue weighted by molar-refractivity contribution is 5.94. The molecule has 1 unspecified atom stereocenters. The van der Waals surface area contributed by atoms with Crippen LogP contribution < -0.4 is 0 Å². The van der Waals surface area contributed by atoms with Crippen LogP contribution in [0, 0.1) is 11.8 Å². The molecule has 150 valence electrons. The van der Waals surface area contributed by atoms with E-state index in [4.69, 9.17) is 0 Å². The van der Waals surface area contributed by atoms with Crippen molar-refractivity contribution in [3.05, 3.63) is 35.9 Å². The fraction of sp³-hybridized carbons (Fsp3) is 0.591. The van der Waals surface area contributed by atoms with Crippen LogP contribution in [-0.4, -0.2) is 71.7 Å². The molecule has 4 rings (SSSR count). The number of piperidine rings is 1. The minimum absolute atomic E-state index is 0.0359. The van der Waals surface area contributed by atoms with Crippen LogP contribution in [0.25, 0.3) is 0 Å². The van der Waals surface area contributed by atoms with Crippen LogP contribution in [0.2, 0.25) is 0 Å². The van der Waals surface area contributed by atoms with E-state index in [2.05, 4.69) is 0 Å². The molecule has 1 aromatic carbocycles. The summed E-state index contributed by atoms with van der Waals surface area (Å²) in [6, 6.07) is 9.32. The van der Waals surface area contributed by atoms with Gasteiger partial charge in [-0.1, -0.05) is 18.2 Å². The van der Waals surface area contributed by atoms with E-state index < -0.39 is 0 Å². The Morgan fingerprint density at radius 3 is 2.07 bits per heavy atom. The quantitative estimate of drug-likeness (QED) is 0.802. The Morgan fingerprint density at radius 2 is 1.32 bits per heavy atom. The average molecular weight is 383 g/mol. The number of carbonyl (C=O) groups is 3. The second-order valence-corrected chi connectivity index (χ2v) is 8.23. The van der Waals surface area contributed by atoms with Gasteiger partial charge in [0.1, 0.15) is 0 Å². The third-order valence-corrected chi connectivity index (χ3v) is 6.12. The Bertz CT molecular complexity index is 732. The fourth-order valence-corrected chi connectivity index (χ4v) is 4.33. The van der Waals surface area contributed by atoms with Gasteiger partial charge in [0.15, 0.2) is 0 Å². The maximum atomic E-state index is 13.1. The summed E-state index contributed by atoms with van der Waals surface area (Å²) in [6.45, 7) is 3.86. The molecule has 6 heteroatoms. The first-order valence-electron chi connectivity index (χ1n) is 10.6. The van der Waals surface area contributed by atoms with Gasteiger partial charge in [0.05, 0.1) is 5.92 Å². The van der Waals surface area contributed by atoms with Crippen molar-refractivity contribution >= 4 is 17.7 Å². The Morgan fingerprint density at radius 1 is 0.679 bits per heavy atom. The maximum Gasteiger partial charge on any atom is 0.253 e. The summed E-state index contributed by atoms with van der Waals surface area (Å²) >= 11 is 0. The molecule has 0 radical (unpaired) electrons. The van der Waals surface area contributed by atoms with E-state index in [1.165, 1.54) is 0 Å². The van der Waals surface area contributed by atoms with E-state index in [9.17, 15) is 14.4 Å². The zero-order valence-electron chi connectivity index (χ0n) is 16.4. The van der Waals surface area contributed by atoms with Gasteiger partial charge in [0.25, 0.3) is 5.91 Å². The summed E-state index contributed by atoms with van der Waals surface area (Å²) in [5.74, 6) is 0.557. The molecule has 28 heavy (non-hydrogen) atoms. The standard InChI is InChI=1S/C22H29N3O3/c26-20(17-6-2-1-3-7-17)23-12-5-13-24(15-14-23)22(28)19-8-4-11-25(16-19)21(27)18-9-10-18/h1-3,6-7,18-19H,4-5,8-16H2. The van der Waals surface area contributed by atoms with Crippen LogP contribution in [0.4, 0.5) is 0 Å². The second-order valence-electron chi connectivity index (χ2n) is 8.23. The first-order valence-corrected chi connectivity index (χ1v) is 10.6. The van der Waals surface area contributed by atoms with Gasteiger partial charge < -0.3 is 14.7 Å². The van der Waals surface area contributed by atoms with Gasteiger partial charge in [-0.25, -0.2) is 0 Å². The third kappa shape index (κ3) is 4.21. The summed E-state index contributed by atoms with van der Waals surface area (Å²) in [5.41, 5.74) is 0.698. The molecular weight excluding hydrogens is 354 g/mol. The molecule has 3 fully saturated rings. The van der Waals surface area contributed by atoms with Crippen LogP contribution in [-0.2, 0) is 9.59 Å². The molecule has 3 aliphatic rings. The van der Waals surface area contributed by atoms with Gasteiger partial charge in [0, 0.05) is 50.7 Å². The maximum absolute atomic E-state index is 13.1. The number of rotatable bonds is 3. The van der Waals surface area contributed by atoms with Crippen LogP contribution in [0.15, 0.2) is 30.3 Å². The minimum Gasteiger partial charge on any atom is -0.342 e. The Kier molecular flexibility index (Phi) is 5.64. The Balaban J connectivity index is 1.34. The molecule has 0 bridgehead atoms. The summed E-state index contributed by atoms with van der Waals surface area (Å²) in [4.78, 5) is 43.8. The lowest BCUT2D eigenvalue weighted by Gasteiger charge is -2.35. The molecule has 1 atom stereocenters. The number of carbonyl (C=O) groups excluding carboxylic acids is 3. The lowest BCUT2D eigenvalue weighted by molar-refractivity contribution is -0.141. The molecule has 0 aromatic heterocycles. The lowest BCUT2D eigenvalue weighted by atomic mass is 9.96. The van der Waals surface area contributed by atoms with Crippen LogP contribution in [0.1, 0.15) is 42.5 Å². The topological polar surface area (TPSA) is 60.9 Å². The summed E-state index contributed by atoms with van der Waals surface area (Å²) < 4.78 is 0. The lowest BCUT2D eigenvalue weighted by Crippen LogP contribution is -2.48. The largest absolute Gasteiger partial charge is 0.342 e. The van der Waals surface area contributed by atoms with Crippen molar-refractivity contribution in [1.82, 2.24) is 14.7 Å². The van der Waals surface area contributed by atoms with E-state index in [-0.39, 0.29) is 29.6 Å². The second kappa shape index (κ2) is 8.33.